The van der Waals surface area contributed by atoms with E-state index < -0.39 is 5.97 Å². The van der Waals surface area contributed by atoms with E-state index in [2.05, 4.69) is 4.74 Å². The highest BCUT2D eigenvalue weighted by Gasteiger charge is 1.99. The van der Waals surface area contributed by atoms with Crippen LogP contribution in [-0.2, 0) is 4.74 Å². The Balaban J connectivity index is 0.000000500. The molecule has 0 amide bonds. The Labute approximate surface area is 82.1 Å². The van der Waals surface area contributed by atoms with Gasteiger partial charge in [-0.2, -0.15) is 0 Å². The first kappa shape index (κ1) is 12.3. The molecule has 0 radical (unpaired) electrons. The molecule has 0 atom stereocenters. The number of hydrogen-bond donors (Lipinski definition) is 1. The van der Waals surface area contributed by atoms with Crippen LogP contribution in [0.15, 0.2) is 24.3 Å². The van der Waals surface area contributed by atoms with Gasteiger partial charge in [0.25, 0.3) is 0 Å². The molecule has 0 aliphatic carbocycles. The molecule has 0 aliphatic rings. The van der Waals surface area contributed by atoms with Gasteiger partial charge < -0.3 is 9.84 Å². The lowest BCUT2D eigenvalue weighted by atomic mass is 10.1. The first-order valence-corrected chi connectivity index (χ1v) is 3.84. The van der Waals surface area contributed by atoms with E-state index in [4.69, 9.17) is 5.11 Å². The number of ether oxygens (including phenoxy) is 1. The number of carboxylic acids is 1. The van der Waals surface area contributed by atoms with Gasteiger partial charge in [-0.05, 0) is 12.1 Å². The number of carbonyl (C=O) groups is 2. The van der Waals surface area contributed by atoms with Crippen molar-refractivity contribution in [3.8, 4) is 0 Å². The molecule has 0 fully saturated rings. The number of rotatable bonds is 2. The molecule has 0 saturated heterocycles. The number of aromatic carboxylic acids is 1. The van der Waals surface area contributed by atoms with E-state index in [9.17, 15) is 9.59 Å². The molecule has 0 unspecified atom stereocenters. The Morgan fingerprint density at radius 1 is 1.29 bits per heavy atom. The second kappa shape index (κ2) is 6.80. The lowest BCUT2D eigenvalue weighted by molar-refractivity contribution is 0.0696. The zero-order valence-corrected chi connectivity index (χ0v) is 8.06. The van der Waals surface area contributed by atoms with Gasteiger partial charge in [0, 0.05) is 19.8 Å². The highest BCUT2D eigenvalue weighted by molar-refractivity contribution is 5.88. The summed E-state index contributed by atoms with van der Waals surface area (Å²) in [4.78, 5) is 20.5. The zero-order chi connectivity index (χ0) is 11.0. The van der Waals surface area contributed by atoms with E-state index in [0.29, 0.717) is 11.8 Å². The quantitative estimate of drug-likeness (QED) is 0.727. The molecule has 4 heteroatoms. The van der Waals surface area contributed by atoms with Crippen molar-refractivity contribution in [2.45, 2.75) is 0 Å². The van der Waals surface area contributed by atoms with Crippen LogP contribution in [0.25, 0.3) is 0 Å². The first-order valence-electron chi connectivity index (χ1n) is 3.84. The van der Waals surface area contributed by atoms with Crippen LogP contribution in [0.3, 0.4) is 0 Å². The topological polar surface area (TPSA) is 63.6 Å². The van der Waals surface area contributed by atoms with Crippen LogP contribution in [0.4, 0.5) is 0 Å². The molecule has 0 heterocycles. The van der Waals surface area contributed by atoms with Crippen LogP contribution in [0.1, 0.15) is 20.7 Å². The van der Waals surface area contributed by atoms with E-state index in [0.717, 1.165) is 0 Å². The number of benzene rings is 1. The average Bonchev–Trinajstić information content (AvgIpc) is 2.19. The van der Waals surface area contributed by atoms with Gasteiger partial charge in [0.1, 0.15) is 6.29 Å². The maximum atomic E-state index is 10.3. The maximum absolute atomic E-state index is 10.3. The molecule has 0 spiro atoms. The van der Waals surface area contributed by atoms with Crippen LogP contribution in [-0.4, -0.2) is 31.6 Å². The number of aldehydes is 1. The van der Waals surface area contributed by atoms with Crippen molar-refractivity contribution in [1.82, 2.24) is 0 Å². The minimum absolute atomic E-state index is 0.190. The first-order chi connectivity index (χ1) is 6.65. The van der Waals surface area contributed by atoms with Crippen LogP contribution in [0.2, 0.25) is 0 Å². The van der Waals surface area contributed by atoms with Gasteiger partial charge in [0.05, 0.1) is 5.56 Å². The lowest BCUT2D eigenvalue weighted by Crippen LogP contribution is -1.95. The lowest BCUT2D eigenvalue weighted by Gasteiger charge is -1.92. The highest BCUT2D eigenvalue weighted by Crippen LogP contribution is 2.01. The molecular formula is C10H12O4. The summed E-state index contributed by atoms with van der Waals surface area (Å²) in [6.45, 7) is 0. The average molecular weight is 196 g/mol. The minimum Gasteiger partial charge on any atom is -0.478 e. The molecule has 0 aromatic heterocycles. The summed E-state index contributed by atoms with van der Waals surface area (Å²) in [6.07, 6.45) is 0.672. The van der Waals surface area contributed by atoms with Crippen molar-refractivity contribution in [2.24, 2.45) is 0 Å². The van der Waals surface area contributed by atoms with Crippen molar-refractivity contribution < 1.29 is 19.4 Å². The number of carboxylic acid groups (broad SMARTS) is 1. The van der Waals surface area contributed by atoms with Crippen LogP contribution >= 0.6 is 0 Å². The van der Waals surface area contributed by atoms with Gasteiger partial charge in [-0.1, -0.05) is 12.1 Å². The number of methoxy groups -OCH3 is 1. The molecule has 1 aromatic carbocycles. The molecular weight excluding hydrogens is 184 g/mol. The fourth-order valence-corrected chi connectivity index (χ4v) is 0.704. The molecule has 1 N–H and O–H groups in total. The van der Waals surface area contributed by atoms with Crippen molar-refractivity contribution >= 4 is 12.3 Å². The summed E-state index contributed by atoms with van der Waals surface area (Å²) < 4.78 is 4.25. The number of hydrogen-bond acceptors (Lipinski definition) is 3. The predicted octanol–water partition coefficient (Wildman–Crippen LogP) is 1.46. The van der Waals surface area contributed by atoms with Gasteiger partial charge in [0.15, 0.2) is 0 Å². The van der Waals surface area contributed by atoms with Gasteiger partial charge in [-0.3, -0.25) is 4.79 Å². The van der Waals surface area contributed by atoms with E-state index in [1.54, 1.807) is 14.2 Å². The second-order valence-electron chi connectivity index (χ2n) is 2.45. The molecule has 0 aliphatic heterocycles. The van der Waals surface area contributed by atoms with Crippen molar-refractivity contribution in [2.75, 3.05) is 14.2 Å². The highest BCUT2D eigenvalue weighted by atomic mass is 16.4. The van der Waals surface area contributed by atoms with Crippen LogP contribution in [0, 0.1) is 0 Å². The Morgan fingerprint density at radius 2 is 1.71 bits per heavy atom. The second-order valence-corrected chi connectivity index (χ2v) is 2.45. The zero-order valence-electron chi connectivity index (χ0n) is 8.06. The summed E-state index contributed by atoms with van der Waals surface area (Å²) in [5.74, 6) is -0.984. The standard InChI is InChI=1S/C8H6O3.C2H6O/c9-5-6-1-3-7(4-2-6)8(10)11;1-3-2/h1-5H,(H,10,11);1-2H3. The fraction of sp³-hybridized carbons (Fsp3) is 0.200. The van der Waals surface area contributed by atoms with Gasteiger partial charge >= 0.3 is 5.97 Å². The Morgan fingerprint density at radius 3 is 2.00 bits per heavy atom. The van der Waals surface area contributed by atoms with Crippen molar-refractivity contribution in [3.63, 3.8) is 0 Å². The Bertz CT molecular complexity index is 289. The molecule has 1 aromatic rings. The predicted molar refractivity (Wildman–Crippen MR) is 51.7 cm³/mol. The molecule has 0 saturated carbocycles. The summed E-state index contributed by atoms with van der Waals surface area (Å²) in [6, 6.07) is 5.73. The number of carbonyl (C=O) groups excluding carboxylic acids is 1. The van der Waals surface area contributed by atoms with E-state index >= 15 is 0 Å². The van der Waals surface area contributed by atoms with Crippen LogP contribution < -0.4 is 0 Å². The monoisotopic (exact) mass is 196 g/mol. The van der Waals surface area contributed by atoms with Crippen molar-refractivity contribution in [1.29, 1.82) is 0 Å². The largest absolute Gasteiger partial charge is 0.478 e. The SMILES string of the molecule is COC.O=Cc1ccc(C(=O)O)cc1. The molecule has 14 heavy (non-hydrogen) atoms. The Hall–Kier alpha value is -1.68. The normalized spacial score (nSPS) is 8.43. The smallest absolute Gasteiger partial charge is 0.335 e. The van der Waals surface area contributed by atoms with E-state index in [-0.39, 0.29) is 5.56 Å². The summed E-state index contributed by atoms with van der Waals surface area (Å²) >= 11 is 0. The maximum Gasteiger partial charge on any atom is 0.335 e. The van der Waals surface area contributed by atoms with Gasteiger partial charge in [-0.15, -0.1) is 0 Å². The van der Waals surface area contributed by atoms with Gasteiger partial charge in [0.2, 0.25) is 0 Å². The Kier molecular flexibility index (Phi) is 5.98. The molecule has 4 nitrogen and oxygen atoms in total. The fourth-order valence-electron chi connectivity index (χ4n) is 0.704. The molecule has 1 rings (SSSR count). The van der Waals surface area contributed by atoms with Crippen LogP contribution in [0.5, 0.6) is 0 Å². The molecule has 76 valence electrons. The third-order valence-electron chi connectivity index (χ3n) is 1.29. The summed E-state index contributed by atoms with van der Waals surface area (Å²) in [5, 5.41) is 8.46. The third-order valence-corrected chi connectivity index (χ3v) is 1.29. The van der Waals surface area contributed by atoms with Gasteiger partial charge in [-0.25, -0.2) is 4.79 Å². The van der Waals surface area contributed by atoms with Crippen molar-refractivity contribution in [3.05, 3.63) is 35.4 Å². The third kappa shape index (κ3) is 4.37. The summed E-state index contributed by atoms with van der Waals surface area (Å²) in [7, 11) is 3.25. The molecule has 0 bridgehead atoms. The summed E-state index contributed by atoms with van der Waals surface area (Å²) in [5.41, 5.74) is 0.672. The minimum atomic E-state index is -0.984. The van der Waals surface area contributed by atoms with E-state index in [1.165, 1.54) is 24.3 Å². The van der Waals surface area contributed by atoms with E-state index in [1.807, 2.05) is 0 Å².